The first-order valence-corrected chi connectivity index (χ1v) is 15.5. The van der Waals surface area contributed by atoms with Crippen molar-refractivity contribution < 1.29 is 0 Å². The third-order valence-corrected chi connectivity index (χ3v) is 8.44. The highest BCUT2D eigenvalue weighted by atomic mass is 15.3. The van der Waals surface area contributed by atoms with Crippen molar-refractivity contribution in [2.75, 3.05) is 0 Å². The molecule has 0 atom stereocenters. The molecular weight excluding hydrogens is 510 g/mol. The molecular formula is C39H53N3. The van der Waals surface area contributed by atoms with Crippen molar-refractivity contribution in [1.29, 1.82) is 0 Å². The number of nitrogens with zero attached hydrogens (tertiary/aromatic N) is 3. The first-order chi connectivity index (χ1) is 19.2. The zero-order valence-corrected chi connectivity index (χ0v) is 28.7. The molecule has 0 aliphatic carbocycles. The van der Waals surface area contributed by atoms with Crippen molar-refractivity contribution in [3.8, 4) is 28.2 Å². The van der Waals surface area contributed by atoms with Crippen molar-refractivity contribution in [2.45, 2.75) is 120 Å². The maximum Gasteiger partial charge on any atom is 0.168 e. The van der Waals surface area contributed by atoms with E-state index in [0.717, 1.165) is 29.3 Å². The van der Waals surface area contributed by atoms with E-state index in [4.69, 9.17) is 10.2 Å². The molecule has 3 nitrogen and oxygen atoms in total. The SMILES string of the molecule is Cc1ccc(-c2nnc(C(C)(C)CC(C)(C)C)n2-c2ccc(-c3cc(C(C)(C)C)cc(C(C)(C)C)c3)cc2C)cc1C. The van der Waals surface area contributed by atoms with Crippen LogP contribution in [0.1, 0.15) is 116 Å². The lowest BCUT2D eigenvalue weighted by atomic mass is 9.75. The molecule has 0 N–H and O–H groups in total. The maximum atomic E-state index is 4.89. The molecule has 42 heavy (non-hydrogen) atoms. The summed E-state index contributed by atoms with van der Waals surface area (Å²) < 4.78 is 2.32. The monoisotopic (exact) mass is 563 g/mol. The highest BCUT2D eigenvalue weighted by molar-refractivity contribution is 5.70. The Hall–Kier alpha value is -3.20. The van der Waals surface area contributed by atoms with E-state index in [9.17, 15) is 0 Å². The Balaban J connectivity index is 1.93. The average Bonchev–Trinajstić information content (AvgIpc) is 3.29. The highest BCUT2D eigenvalue weighted by Crippen LogP contribution is 2.40. The van der Waals surface area contributed by atoms with Gasteiger partial charge >= 0.3 is 0 Å². The lowest BCUT2D eigenvalue weighted by Gasteiger charge is -2.32. The molecule has 1 aromatic heterocycles. The van der Waals surface area contributed by atoms with Gasteiger partial charge in [-0.3, -0.25) is 4.57 Å². The fourth-order valence-corrected chi connectivity index (χ4v) is 6.17. The molecule has 1 heterocycles. The topological polar surface area (TPSA) is 30.7 Å². The van der Waals surface area contributed by atoms with Crippen molar-refractivity contribution in [1.82, 2.24) is 14.8 Å². The quantitative estimate of drug-likeness (QED) is 0.242. The van der Waals surface area contributed by atoms with Gasteiger partial charge in [-0.25, -0.2) is 0 Å². The summed E-state index contributed by atoms with van der Waals surface area (Å²) in [5.41, 5.74) is 11.4. The summed E-state index contributed by atoms with van der Waals surface area (Å²) in [6.07, 6.45) is 0.997. The number of aryl methyl sites for hydroxylation is 3. The zero-order valence-electron chi connectivity index (χ0n) is 28.7. The van der Waals surface area contributed by atoms with Gasteiger partial charge in [-0.1, -0.05) is 113 Å². The highest BCUT2D eigenvalue weighted by Gasteiger charge is 2.34. The van der Waals surface area contributed by atoms with Gasteiger partial charge in [0, 0.05) is 11.0 Å². The Morgan fingerprint density at radius 3 is 1.60 bits per heavy atom. The predicted octanol–water partition coefficient (Wildman–Crippen LogP) is 10.8. The van der Waals surface area contributed by atoms with Crippen molar-refractivity contribution in [3.63, 3.8) is 0 Å². The molecule has 3 heteroatoms. The molecule has 0 radical (unpaired) electrons. The second kappa shape index (κ2) is 10.8. The molecule has 0 unspecified atom stereocenters. The zero-order chi connectivity index (χ0) is 31.4. The van der Waals surface area contributed by atoms with Gasteiger partial charge < -0.3 is 0 Å². The average molecular weight is 564 g/mol. The van der Waals surface area contributed by atoms with Crippen LogP contribution in [-0.4, -0.2) is 14.8 Å². The molecule has 0 spiro atoms. The summed E-state index contributed by atoms with van der Waals surface area (Å²) in [4.78, 5) is 0. The van der Waals surface area contributed by atoms with Crippen LogP contribution in [0.4, 0.5) is 0 Å². The molecule has 4 aromatic rings. The lowest BCUT2D eigenvalue weighted by Crippen LogP contribution is -2.28. The second-order valence-electron chi connectivity index (χ2n) is 16.4. The van der Waals surface area contributed by atoms with Crippen molar-refractivity contribution in [3.05, 3.63) is 88.2 Å². The van der Waals surface area contributed by atoms with Crippen LogP contribution in [-0.2, 0) is 16.2 Å². The van der Waals surface area contributed by atoms with Crippen LogP contribution in [0.15, 0.2) is 54.6 Å². The van der Waals surface area contributed by atoms with Gasteiger partial charge in [-0.05, 0) is 101 Å². The maximum absolute atomic E-state index is 4.89. The van der Waals surface area contributed by atoms with Gasteiger partial charge in [0.25, 0.3) is 0 Å². The largest absolute Gasteiger partial charge is 0.278 e. The van der Waals surface area contributed by atoms with Gasteiger partial charge in [0.15, 0.2) is 5.82 Å². The standard InChI is InChI=1S/C39H53N3/c1-25-15-16-29(19-26(25)2)34-40-41-35(39(13,14)24-36(4,5)6)42(34)33-18-17-28(20-27(33)3)30-21-31(37(7,8)9)23-32(22-30)38(10,11)12/h15-23H,24H2,1-14H3. The van der Waals surface area contributed by atoms with Gasteiger partial charge in [0.05, 0.1) is 5.69 Å². The fourth-order valence-electron chi connectivity index (χ4n) is 6.17. The molecule has 0 saturated heterocycles. The molecule has 0 fully saturated rings. The lowest BCUT2D eigenvalue weighted by molar-refractivity contribution is 0.272. The number of hydrogen-bond acceptors (Lipinski definition) is 2. The van der Waals surface area contributed by atoms with E-state index in [1.165, 1.54) is 38.9 Å². The molecule has 4 rings (SSSR count). The number of rotatable bonds is 5. The first-order valence-electron chi connectivity index (χ1n) is 15.5. The van der Waals surface area contributed by atoms with E-state index in [1.807, 2.05) is 0 Å². The molecule has 224 valence electrons. The second-order valence-corrected chi connectivity index (χ2v) is 16.4. The summed E-state index contributed by atoms with van der Waals surface area (Å²) in [5, 5.41) is 9.73. The van der Waals surface area contributed by atoms with Crippen LogP contribution in [0.25, 0.3) is 28.2 Å². The van der Waals surface area contributed by atoms with Gasteiger partial charge in [-0.2, -0.15) is 0 Å². The van der Waals surface area contributed by atoms with E-state index in [-0.39, 0.29) is 21.7 Å². The van der Waals surface area contributed by atoms with Crippen LogP contribution >= 0.6 is 0 Å². The summed E-state index contributed by atoms with van der Waals surface area (Å²) in [6, 6.07) is 20.6. The van der Waals surface area contributed by atoms with E-state index >= 15 is 0 Å². The number of benzene rings is 3. The fraction of sp³-hybridized carbons (Fsp3) is 0.487. The van der Waals surface area contributed by atoms with E-state index in [1.54, 1.807) is 0 Å². The van der Waals surface area contributed by atoms with Gasteiger partial charge in [0.1, 0.15) is 5.82 Å². The predicted molar refractivity (Wildman–Crippen MR) is 181 cm³/mol. The van der Waals surface area contributed by atoms with Crippen LogP contribution in [0.5, 0.6) is 0 Å². The molecule has 3 aromatic carbocycles. The summed E-state index contributed by atoms with van der Waals surface area (Å²) >= 11 is 0. The Bertz CT molecular complexity index is 1560. The Morgan fingerprint density at radius 1 is 0.548 bits per heavy atom. The first kappa shape index (κ1) is 31.7. The molecule has 0 aliphatic heterocycles. The number of hydrogen-bond donors (Lipinski definition) is 0. The summed E-state index contributed by atoms with van der Waals surface area (Å²) in [7, 11) is 0. The number of aromatic nitrogens is 3. The minimum Gasteiger partial charge on any atom is -0.278 e. The van der Waals surface area contributed by atoms with Crippen LogP contribution in [0, 0.1) is 26.2 Å². The summed E-state index contributed by atoms with van der Waals surface area (Å²) in [6.45, 7) is 31.9. The molecule has 0 aliphatic rings. The smallest absolute Gasteiger partial charge is 0.168 e. The van der Waals surface area contributed by atoms with Gasteiger partial charge in [-0.15, -0.1) is 10.2 Å². The van der Waals surface area contributed by atoms with E-state index < -0.39 is 0 Å². The summed E-state index contributed by atoms with van der Waals surface area (Å²) in [5.74, 6) is 1.90. The Morgan fingerprint density at radius 2 is 1.10 bits per heavy atom. The third-order valence-electron chi connectivity index (χ3n) is 8.44. The van der Waals surface area contributed by atoms with Crippen LogP contribution in [0.3, 0.4) is 0 Å². The third kappa shape index (κ3) is 6.72. The van der Waals surface area contributed by atoms with Crippen molar-refractivity contribution in [2.24, 2.45) is 5.41 Å². The molecule has 0 amide bonds. The minimum absolute atomic E-state index is 0.0715. The molecule has 0 bridgehead atoms. The van der Waals surface area contributed by atoms with E-state index in [0.29, 0.717) is 0 Å². The normalized spacial score (nSPS) is 13.1. The Labute approximate surface area is 255 Å². The Kier molecular flexibility index (Phi) is 8.17. The van der Waals surface area contributed by atoms with Gasteiger partial charge in [0.2, 0.25) is 0 Å². The van der Waals surface area contributed by atoms with Crippen molar-refractivity contribution >= 4 is 0 Å². The van der Waals surface area contributed by atoms with Crippen LogP contribution < -0.4 is 0 Å². The minimum atomic E-state index is -0.170. The van der Waals surface area contributed by atoms with E-state index in [2.05, 4.69) is 156 Å². The van der Waals surface area contributed by atoms with Crippen LogP contribution in [0.2, 0.25) is 0 Å². The molecule has 0 saturated carbocycles.